The topological polar surface area (TPSA) is 23.5 Å². The van der Waals surface area contributed by atoms with E-state index in [-0.39, 0.29) is 0 Å². The van der Waals surface area contributed by atoms with E-state index in [1.807, 2.05) is 11.3 Å². The molecule has 1 aliphatic rings. The minimum atomic E-state index is 0.301. The summed E-state index contributed by atoms with van der Waals surface area (Å²) in [6.45, 7) is 3.68. The SMILES string of the molecule is CC(c1cccs1)N1CCCCC1CO. The van der Waals surface area contributed by atoms with Gasteiger partial charge in [-0.1, -0.05) is 12.5 Å². The van der Waals surface area contributed by atoms with Crippen LogP contribution in [-0.2, 0) is 0 Å². The van der Waals surface area contributed by atoms with E-state index in [1.54, 1.807) is 0 Å². The molecule has 3 heteroatoms. The van der Waals surface area contributed by atoms with E-state index in [9.17, 15) is 5.11 Å². The van der Waals surface area contributed by atoms with Crippen LogP contribution in [0.15, 0.2) is 17.5 Å². The maximum Gasteiger partial charge on any atom is 0.0587 e. The zero-order valence-corrected chi connectivity index (χ0v) is 10.0. The first kappa shape index (κ1) is 11.1. The van der Waals surface area contributed by atoms with E-state index in [1.165, 1.54) is 17.7 Å². The van der Waals surface area contributed by atoms with Gasteiger partial charge in [-0.25, -0.2) is 0 Å². The van der Waals surface area contributed by atoms with Gasteiger partial charge in [-0.2, -0.15) is 0 Å². The highest BCUT2D eigenvalue weighted by Crippen LogP contribution is 2.30. The Kier molecular flexibility index (Phi) is 3.78. The molecule has 1 fully saturated rings. The number of likely N-dealkylation sites (tertiary alicyclic amines) is 1. The van der Waals surface area contributed by atoms with Gasteiger partial charge in [0.2, 0.25) is 0 Å². The second-order valence-corrected chi connectivity index (χ2v) is 5.24. The van der Waals surface area contributed by atoms with Crippen LogP contribution in [0, 0.1) is 0 Å². The fourth-order valence-electron chi connectivity index (χ4n) is 2.42. The quantitative estimate of drug-likeness (QED) is 0.855. The third-order valence-electron chi connectivity index (χ3n) is 3.34. The number of hydrogen-bond acceptors (Lipinski definition) is 3. The van der Waals surface area contributed by atoms with Crippen LogP contribution in [-0.4, -0.2) is 29.2 Å². The van der Waals surface area contributed by atoms with Crippen LogP contribution >= 0.6 is 11.3 Å². The van der Waals surface area contributed by atoms with Crippen molar-refractivity contribution in [2.75, 3.05) is 13.2 Å². The van der Waals surface area contributed by atoms with Crippen molar-refractivity contribution in [2.45, 2.75) is 38.3 Å². The molecular formula is C12H19NOS. The molecule has 1 N–H and O–H groups in total. The van der Waals surface area contributed by atoms with Crippen molar-refractivity contribution in [3.8, 4) is 0 Å². The average molecular weight is 225 g/mol. The molecule has 0 radical (unpaired) electrons. The number of aliphatic hydroxyl groups is 1. The van der Waals surface area contributed by atoms with E-state index in [0.29, 0.717) is 18.7 Å². The largest absolute Gasteiger partial charge is 0.395 e. The summed E-state index contributed by atoms with van der Waals surface area (Å²) in [6, 6.07) is 5.13. The molecule has 1 saturated heterocycles. The van der Waals surface area contributed by atoms with Crippen LogP contribution in [0.25, 0.3) is 0 Å². The maximum atomic E-state index is 9.37. The van der Waals surface area contributed by atoms with Gasteiger partial charge < -0.3 is 5.11 Å². The Labute approximate surface area is 95.5 Å². The molecule has 15 heavy (non-hydrogen) atoms. The molecule has 2 nitrogen and oxygen atoms in total. The lowest BCUT2D eigenvalue weighted by Gasteiger charge is -2.38. The first-order valence-electron chi connectivity index (χ1n) is 5.73. The number of nitrogens with zero attached hydrogens (tertiary/aromatic N) is 1. The Morgan fingerprint density at radius 2 is 2.47 bits per heavy atom. The molecule has 0 spiro atoms. The number of rotatable bonds is 3. The molecule has 0 amide bonds. The summed E-state index contributed by atoms with van der Waals surface area (Å²) >= 11 is 1.81. The summed E-state index contributed by atoms with van der Waals surface area (Å²) in [5.41, 5.74) is 0. The molecule has 2 atom stereocenters. The minimum Gasteiger partial charge on any atom is -0.395 e. The van der Waals surface area contributed by atoms with Crippen molar-refractivity contribution in [3.63, 3.8) is 0 Å². The van der Waals surface area contributed by atoms with Gasteiger partial charge in [0, 0.05) is 17.0 Å². The molecule has 2 rings (SSSR count). The molecule has 84 valence electrons. The van der Waals surface area contributed by atoms with Crippen LogP contribution in [0.2, 0.25) is 0 Å². The van der Waals surface area contributed by atoms with Crippen molar-refractivity contribution < 1.29 is 5.11 Å². The lowest BCUT2D eigenvalue weighted by Crippen LogP contribution is -2.42. The van der Waals surface area contributed by atoms with Crippen LogP contribution in [0.4, 0.5) is 0 Å². The summed E-state index contributed by atoms with van der Waals surface area (Å²) in [5, 5.41) is 11.5. The predicted octanol–water partition coefficient (Wildman–Crippen LogP) is 2.66. The Morgan fingerprint density at radius 3 is 3.13 bits per heavy atom. The highest BCUT2D eigenvalue weighted by molar-refractivity contribution is 7.10. The molecule has 2 unspecified atom stereocenters. The fourth-order valence-corrected chi connectivity index (χ4v) is 3.22. The van der Waals surface area contributed by atoms with E-state index in [2.05, 4.69) is 29.3 Å². The number of piperidine rings is 1. The van der Waals surface area contributed by atoms with Gasteiger partial charge in [-0.05, 0) is 37.8 Å². The standard InChI is InChI=1S/C12H19NOS/c1-10(12-6-4-8-15-12)13-7-3-2-5-11(13)9-14/h4,6,8,10-11,14H,2-3,5,7,9H2,1H3. The zero-order chi connectivity index (χ0) is 10.7. The molecular weight excluding hydrogens is 206 g/mol. The highest BCUT2D eigenvalue weighted by atomic mass is 32.1. The summed E-state index contributed by atoms with van der Waals surface area (Å²) in [5.74, 6) is 0. The average Bonchev–Trinajstić information content (AvgIpc) is 2.81. The second-order valence-electron chi connectivity index (χ2n) is 4.26. The van der Waals surface area contributed by atoms with Gasteiger partial charge in [0.1, 0.15) is 0 Å². The third-order valence-corrected chi connectivity index (χ3v) is 4.38. The predicted molar refractivity (Wildman–Crippen MR) is 64.2 cm³/mol. The van der Waals surface area contributed by atoms with Crippen LogP contribution in [0.3, 0.4) is 0 Å². The normalized spacial score (nSPS) is 25.3. The first-order valence-corrected chi connectivity index (χ1v) is 6.61. The van der Waals surface area contributed by atoms with Crippen molar-refractivity contribution in [3.05, 3.63) is 22.4 Å². The minimum absolute atomic E-state index is 0.301. The smallest absolute Gasteiger partial charge is 0.0587 e. The fraction of sp³-hybridized carbons (Fsp3) is 0.667. The molecule has 2 heterocycles. The van der Waals surface area contributed by atoms with Crippen molar-refractivity contribution >= 4 is 11.3 Å². The highest BCUT2D eigenvalue weighted by Gasteiger charge is 2.26. The molecule has 0 bridgehead atoms. The zero-order valence-electron chi connectivity index (χ0n) is 9.22. The molecule has 1 aromatic heterocycles. The van der Waals surface area contributed by atoms with Crippen molar-refractivity contribution in [2.24, 2.45) is 0 Å². The van der Waals surface area contributed by atoms with E-state index in [4.69, 9.17) is 0 Å². The lowest BCUT2D eigenvalue weighted by atomic mass is 10.0. The van der Waals surface area contributed by atoms with Crippen LogP contribution in [0.5, 0.6) is 0 Å². The second kappa shape index (κ2) is 5.10. The van der Waals surface area contributed by atoms with E-state index < -0.39 is 0 Å². The van der Waals surface area contributed by atoms with Crippen LogP contribution < -0.4 is 0 Å². The van der Waals surface area contributed by atoms with Crippen molar-refractivity contribution in [1.29, 1.82) is 0 Å². The first-order chi connectivity index (χ1) is 7.33. The van der Waals surface area contributed by atoms with Gasteiger partial charge >= 0.3 is 0 Å². The molecule has 0 aromatic carbocycles. The molecule has 1 aromatic rings. The van der Waals surface area contributed by atoms with Gasteiger partial charge in [0.05, 0.1) is 6.61 Å². The van der Waals surface area contributed by atoms with Gasteiger partial charge in [-0.3, -0.25) is 4.90 Å². The Balaban J connectivity index is 2.07. The van der Waals surface area contributed by atoms with E-state index >= 15 is 0 Å². The molecule has 0 aliphatic carbocycles. The van der Waals surface area contributed by atoms with E-state index in [0.717, 1.165) is 13.0 Å². The monoisotopic (exact) mass is 225 g/mol. The number of aliphatic hydroxyl groups excluding tert-OH is 1. The summed E-state index contributed by atoms with van der Waals surface area (Å²) in [6.07, 6.45) is 3.68. The van der Waals surface area contributed by atoms with Gasteiger partial charge in [0.25, 0.3) is 0 Å². The summed E-state index contributed by atoms with van der Waals surface area (Å²) < 4.78 is 0. The molecule has 1 aliphatic heterocycles. The van der Waals surface area contributed by atoms with Gasteiger partial charge in [0.15, 0.2) is 0 Å². The Bertz CT molecular complexity index is 286. The molecule has 0 saturated carbocycles. The number of thiophene rings is 1. The summed E-state index contributed by atoms with van der Waals surface area (Å²) in [4.78, 5) is 3.87. The van der Waals surface area contributed by atoms with Crippen LogP contribution in [0.1, 0.15) is 37.1 Å². The maximum absolute atomic E-state index is 9.37. The number of hydrogen-bond donors (Lipinski definition) is 1. The Hall–Kier alpha value is -0.380. The third kappa shape index (κ3) is 2.41. The lowest BCUT2D eigenvalue weighted by molar-refractivity contribution is 0.0600. The van der Waals surface area contributed by atoms with Gasteiger partial charge in [-0.15, -0.1) is 11.3 Å². The summed E-state index contributed by atoms with van der Waals surface area (Å²) in [7, 11) is 0. The van der Waals surface area contributed by atoms with Crippen molar-refractivity contribution in [1.82, 2.24) is 4.90 Å². The Morgan fingerprint density at radius 1 is 1.60 bits per heavy atom.